The van der Waals surface area contributed by atoms with Gasteiger partial charge in [-0.25, -0.2) is 4.79 Å². The van der Waals surface area contributed by atoms with E-state index in [0.717, 1.165) is 33.1 Å². The van der Waals surface area contributed by atoms with Crippen LogP contribution in [0.15, 0.2) is 59.6 Å². The average Bonchev–Trinajstić information content (AvgIpc) is 3.31. The van der Waals surface area contributed by atoms with E-state index in [0.29, 0.717) is 24.3 Å². The summed E-state index contributed by atoms with van der Waals surface area (Å²) >= 11 is 1.40. The van der Waals surface area contributed by atoms with Gasteiger partial charge in [0, 0.05) is 17.3 Å². The monoisotopic (exact) mass is 538 g/mol. The molecule has 202 valence electrons. The molecule has 10 heteroatoms. The number of guanidine groups is 1. The van der Waals surface area contributed by atoms with Crippen LogP contribution in [0.4, 0.5) is 0 Å². The minimum absolute atomic E-state index is 0.0198. The van der Waals surface area contributed by atoms with Crippen LogP contribution in [-0.2, 0) is 9.53 Å². The molecule has 3 aromatic rings. The molecule has 1 atom stereocenters. The first-order chi connectivity index (χ1) is 18.3. The largest absolute Gasteiger partial charge is 0.497 e. The SMILES string of the molecule is COC(=O)[C@H](CCCN=C(N)N)NC(=O)c1sc(C(c2ccc(OC)cc2)c2ccc(OC)cc2)cc1C. The maximum Gasteiger partial charge on any atom is 0.328 e. The summed E-state index contributed by atoms with van der Waals surface area (Å²) in [4.78, 5) is 31.1. The molecule has 0 aliphatic heterocycles. The molecule has 1 heterocycles. The van der Waals surface area contributed by atoms with Crippen molar-refractivity contribution >= 4 is 29.2 Å². The van der Waals surface area contributed by atoms with Gasteiger partial charge in [0.2, 0.25) is 0 Å². The van der Waals surface area contributed by atoms with E-state index in [4.69, 9.17) is 25.7 Å². The number of methoxy groups -OCH3 is 3. The van der Waals surface area contributed by atoms with Gasteiger partial charge in [-0.3, -0.25) is 9.79 Å². The first kappa shape index (κ1) is 28.5. The molecule has 0 saturated carbocycles. The zero-order valence-corrected chi connectivity index (χ0v) is 22.8. The number of ether oxygens (including phenoxy) is 3. The molecule has 3 rings (SSSR count). The Bertz CT molecular complexity index is 1200. The summed E-state index contributed by atoms with van der Waals surface area (Å²) in [6.07, 6.45) is 0.844. The van der Waals surface area contributed by atoms with Crippen molar-refractivity contribution < 1.29 is 23.8 Å². The number of benzene rings is 2. The Labute approximate surface area is 226 Å². The summed E-state index contributed by atoms with van der Waals surface area (Å²) in [6.45, 7) is 2.24. The van der Waals surface area contributed by atoms with E-state index in [9.17, 15) is 9.59 Å². The number of aliphatic imine (C=N–C) groups is 1. The summed E-state index contributed by atoms with van der Waals surface area (Å²) < 4.78 is 15.6. The van der Waals surface area contributed by atoms with E-state index in [2.05, 4.69) is 10.3 Å². The topological polar surface area (TPSA) is 138 Å². The highest BCUT2D eigenvalue weighted by Crippen LogP contribution is 2.38. The summed E-state index contributed by atoms with van der Waals surface area (Å²) in [6, 6.07) is 17.0. The molecule has 0 fully saturated rings. The van der Waals surface area contributed by atoms with Crippen LogP contribution in [0.25, 0.3) is 0 Å². The number of nitrogens with one attached hydrogen (secondary N) is 1. The van der Waals surface area contributed by atoms with Crippen molar-refractivity contribution in [3.8, 4) is 11.5 Å². The number of carbonyl (C=O) groups is 2. The number of hydrogen-bond acceptors (Lipinski definition) is 7. The lowest BCUT2D eigenvalue weighted by atomic mass is 9.89. The van der Waals surface area contributed by atoms with E-state index >= 15 is 0 Å². The van der Waals surface area contributed by atoms with Gasteiger partial charge in [0.15, 0.2) is 5.96 Å². The minimum atomic E-state index is -0.814. The molecule has 0 spiro atoms. The standard InChI is InChI=1S/C28H34N4O5S/c1-17-16-23(38-25(17)26(33)32-22(27(34)37-4)6-5-15-31-28(29)30)24(18-7-11-20(35-2)12-8-18)19-9-13-21(36-3)14-10-19/h7-14,16,22,24H,5-6,15H2,1-4H3,(H,32,33)(H4,29,30,31)/t22-/m0/s1. The highest BCUT2D eigenvalue weighted by molar-refractivity contribution is 7.14. The van der Waals surface area contributed by atoms with Crippen LogP contribution in [0.2, 0.25) is 0 Å². The summed E-state index contributed by atoms with van der Waals surface area (Å²) in [5.74, 6) is 0.532. The maximum absolute atomic E-state index is 13.3. The summed E-state index contributed by atoms with van der Waals surface area (Å²) in [5.41, 5.74) is 13.6. The first-order valence-electron chi connectivity index (χ1n) is 12.1. The lowest BCUT2D eigenvalue weighted by Gasteiger charge is -2.18. The Kier molecular flexibility index (Phi) is 10.1. The predicted octanol–water partition coefficient (Wildman–Crippen LogP) is 3.58. The van der Waals surface area contributed by atoms with E-state index < -0.39 is 12.0 Å². The van der Waals surface area contributed by atoms with E-state index in [1.807, 2.05) is 61.5 Å². The highest BCUT2D eigenvalue weighted by atomic mass is 32.1. The third-order valence-corrected chi connectivity index (χ3v) is 7.36. The number of aryl methyl sites for hydroxylation is 1. The fraction of sp³-hybridized carbons (Fsp3) is 0.321. The van der Waals surface area contributed by atoms with Crippen molar-refractivity contribution in [2.75, 3.05) is 27.9 Å². The van der Waals surface area contributed by atoms with Gasteiger partial charge in [-0.15, -0.1) is 11.3 Å². The number of rotatable bonds is 12. The highest BCUT2D eigenvalue weighted by Gasteiger charge is 2.26. The molecular formula is C28H34N4O5S. The molecule has 1 aromatic heterocycles. The van der Waals surface area contributed by atoms with Crippen LogP contribution in [0.1, 0.15) is 50.0 Å². The van der Waals surface area contributed by atoms with Gasteiger partial charge < -0.3 is 31.0 Å². The van der Waals surface area contributed by atoms with E-state index in [-0.39, 0.29) is 17.8 Å². The Morgan fingerprint density at radius 2 is 1.50 bits per heavy atom. The molecule has 0 unspecified atom stereocenters. The predicted molar refractivity (Wildman–Crippen MR) is 149 cm³/mol. The van der Waals surface area contributed by atoms with Crippen molar-refractivity contribution in [1.29, 1.82) is 0 Å². The Morgan fingerprint density at radius 3 is 1.97 bits per heavy atom. The van der Waals surface area contributed by atoms with Crippen molar-refractivity contribution in [1.82, 2.24) is 5.32 Å². The van der Waals surface area contributed by atoms with E-state index in [1.54, 1.807) is 14.2 Å². The van der Waals surface area contributed by atoms with Gasteiger partial charge in [-0.1, -0.05) is 24.3 Å². The number of esters is 1. The molecule has 1 amide bonds. The third-order valence-electron chi connectivity index (χ3n) is 6.06. The van der Waals surface area contributed by atoms with Gasteiger partial charge in [0.05, 0.1) is 26.2 Å². The quantitative estimate of drug-likeness (QED) is 0.139. The van der Waals surface area contributed by atoms with Crippen LogP contribution >= 0.6 is 11.3 Å². The number of carbonyl (C=O) groups excluding carboxylic acids is 2. The zero-order valence-electron chi connectivity index (χ0n) is 22.0. The molecule has 0 bridgehead atoms. The molecule has 0 aliphatic carbocycles. The zero-order chi connectivity index (χ0) is 27.7. The fourth-order valence-corrected chi connectivity index (χ4v) is 5.34. The van der Waals surface area contributed by atoms with Crippen molar-refractivity contribution in [3.05, 3.63) is 81.0 Å². The second kappa shape index (κ2) is 13.5. The molecule has 0 radical (unpaired) electrons. The van der Waals surface area contributed by atoms with Gasteiger partial charge in [-0.05, 0) is 66.8 Å². The Morgan fingerprint density at radius 1 is 0.947 bits per heavy atom. The average molecular weight is 539 g/mol. The number of nitrogens with two attached hydrogens (primary N) is 2. The lowest BCUT2D eigenvalue weighted by molar-refractivity contribution is -0.143. The van der Waals surface area contributed by atoms with Crippen LogP contribution in [0.5, 0.6) is 11.5 Å². The van der Waals surface area contributed by atoms with Crippen LogP contribution in [0, 0.1) is 6.92 Å². The van der Waals surface area contributed by atoms with Gasteiger partial charge in [0.25, 0.3) is 5.91 Å². The van der Waals surface area contributed by atoms with Crippen molar-refractivity contribution in [2.24, 2.45) is 16.5 Å². The number of thiophene rings is 1. The molecule has 2 aromatic carbocycles. The molecule has 0 aliphatic rings. The Hall–Kier alpha value is -4.05. The summed E-state index contributed by atoms with van der Waals surface area (Å²) in [7, 11) is 4.55. The molecule has 9 nitrogen and oxygen atoms in total. The number of hydrogen-bond donors (Lipinski definition) is 3. The van der Waals surface area contributed by atoms with Crippen molar-refractivity contribution in [2.45, 2.75) is 31.7 Å². The first-order valence-corrected chi connectivity index (χ1v) is 12.9. The van der Waals surface area contributed by atoms with Crippen LogP contribution in [0.3, 0.4) is 0 Å². The molecular weight excluding hydrogens is 504 g/mol. The number of nitrogens with zero attached hydrogens (tertiary/aromatic N) is 1. The summed E-state index contributed by atoms with van der Waals surface area (Å²) in [5, 5.41) is 2.83. The van der Waals surface area contributed by atoms with Gasteiger partial charge in [0.1, 0.15) is 17.5 Å². The second-order valence-electron chi connectivity index (χ2n) is 8.64. The van der Waals surface area contributed by atoms with Crippen LogP contribution < -0.4 is 26.3 Å². The third kappa shape index (κ3) is 7.25. The molecule has 0 saturated heterocycles. The second-order valence-corrected chi connectivity index (χ2v) is 9.72. The van der Waals surface area contributed by atoms with Crippen molar-refractivity contribution in [3.63, 3.8) is 0 Å². The number of amides is 1. The maximum atomic E-state index is 13.3. The lowest BCUT2D eigenvalue weighted by Crippen LogP contribution is -2.41. The van der Waals surface area contributed by atoms with E-state index in [1.165, 1.54) is 18.4 Å². The smallest absolute Gasteiger partial charge is 0.328 e. The fourth-order valence-electron chi connectivity index (χ4n) is 4.11. The van der Waals surface area contributed by atoms with Gasteiger partial charge >= 0.3 is 5.97 Å². The van der Waals surface area contributed by atoms with Gasteiger partial charge in [-0.2, -0.15) is 0 Å². The Balaban J connectivity index is 1.90. The normalized spacial score (nSPS) is 11.5. The molecule has 38 heavy (non-hydrogen) atoms. The minimum Gasteiger partial charge on any atom is -0.497 e. The van der Waals surface area contributed by atoms with Crippen LogP contribution in [-0.4, -0.2) is 51.8 Å². The molecule has 5 N–H and O–H groups in total.